The van der Waals surface area contributed by atoms with Crippen LogP contribution in [0.25, 0.3) is 6.08 Å². The Bertz CT molecular complexity index is 460. The first-order valence-electron chi connectivity index (χ1n) is 7.78. The van der Waals surface area contributed by atoms with E-state index in [1.165, 1.54) is 5.57 Å². The minimum Gasteiger partial charge on any atom is -0.489 e. The minimum atomic E-state index is 0.511. The van der Waals surface area contributed by atoms with Gasteiger partial charge in [0, 0.05) is 12.1 Å². The van der Waals surface area contributed by atoms with Gasteiger partial charge in [0.05, 0.1) is 0 Å². The van der Waals surface area contributed by atoms with Crippen LogP contribution < -0.4 is 10.1 Å². The number of hydrogen-bond donors (Lipinski definition) is 1. The molecule has 0 heterocycles. The lowest BCUT2D eigenvalue weighted by Gasteiger charge is -2.15. The van der Waals surface area contributed by atoms with Gasteiger partial charge in [-0.05, 0) is 24.4 Å². The van der Waals surface area contributed by atoms with Crippen LogP contribution in [0.4, 0.5) is 0 Å². The molecule has 2 nitrogen and oxygen atoms in total. The summed E-state index contributed by atoms with van der Waals surface area (Å²) < 4.78 is 5.73. The molecule has 0 saturated heterocycles. The van der Waals surface area contributed by atoms with Crippen molar-refractivity contribution in [2.75, 3.05) is 19.7 Å². The van der Waals surface area contributed by atoms with Crippen LogP contribution in [-0.2, 0) is 0 Å². The Hall–Kier alpha value is -1.54. The van der Waals surface area contributed by atoms with Crippen molar-refractivity contribution in [2.24, 2.45) is 11.8 Å². The van der Waals surface area contributed by atoms with Crippen molar-refractivity contribution >= 4 is 6.08 Å². The van der Waals surface area contributed by atoms with Gasteiger partial charge in [-0.2, -0.15) is 0 Å². The molecule has 0 aliphatic rings. The summed E-state index contributed by atoms with van der Waals surface area (Å²) in [6, 6.07) is 8.16. The van der Waals surface area contributed by atoms with E-state index in [4.69, 9.17) is 4.74 Å². The van der Waals surface area contributed by atoms with Gasteiger partial charge in [0.25, 0.3) is 0 Å². The highest BCUT2D eigenvalue weighted by Gasteiger charge is 2.07. The maximum Gasteiger partial charge on any atom is 0.126 e. The van der Waals surface area contributed by atoms with E-state index >= 15 is 0 Å². The van der Waals surface area contributed by atoms with E-state index in [9.17, 15) is 0 Å². The van der Waals surface area contributed by atoms with Crippen molar-refractivity contribution in [1.29, 1.82) is 0 Å². The fourth-order valence-corrected chi connectivity index (χ4v) is 2.01. The maximum atomic E-state index is 5.73. The van der Waals surface area contributed by atoms with Gasteiger partial charge in [0.2, 0.25) is 0 Å². The SMILES string of the molecule is C=CCOc1ccccc1C=C(CNCC(C)C)C(C)C. The van der Waals surface area contributed by atoms with Gasteiger partial charge in [-0.1, -0.05) is 70.2 Å². The fourth-order valence-electron chi connectivity index (χ4n) is 2.01. The molecule has 1 N–H and O–H groups in total. The number of hydrogen-bond acceptors (Lipinski definition) is 2. The molecule has 0 unspecified atom stereocenters. The number of ether oxygens (including phenoxy) is 1. The Balaban J connectivity index is 2.86. The first-order valence-corrected chi connectivity index (χ1v) is 7.78. The van der Waals surface area contributed by atoms with Crippen molar-refractivity contribution in [3.63, 3.8) is 0 Å². The molecule has 0 aliphatic heterocycles. The second kappa shape index (κ2) is 9.41. The number of benzene rings is 1. The van der Waals surface area contributed by atoms with Crippen molar-refractivity contribution in [1.82, 2.24) is 5.32 Å². The van der Waals surface area contributed by atoms with Gasteiger partial charge in [0.1, 0.15) is 12.4 Å². The molecular weight excluding hydrogens is 258 g/mol. The lowest BCUT2D eigenvalue weighted by atomic mass is 9.99. The van der Waals surface area contributed by atoms with Crippen LogP contribution in [0.5, 0.6) is 5.75 Å². The minimum absolute atomic E-state index is 0.511. The van der Waals surface area contributed by atoms with Gasteiger partial charge in [-0.25, -0.2) is 0 Å². The summed E-state index contributed by atoms with van der Waals surface area (Å²) in [5.41, 5.74) is 2.53. The largest absolute Gasteiger partial charge is 0.489 e. The lowest BCUT2D eigenvalue weighted by Crippen LogP contribution is -2.23. The highest BCUT2D eigenvalue weighted by Crippen LogP contribution is 2.23. The average Bonchev–Trinajstić information content (AvgIpc) is 2.44. The smallest absolute Gasteiger partial charge is 0.126 e. The molecule has 0 aliphatic carbocycles. The van der Waals surface area contributed by atoms with Crippen molar-refractivity contribution in [3.05, 3.63) is 48.1 Å². The summed E-state index contributed by atoms with van der Waals surface area (Å²) in [6.45, 7) is 15.1. The van der Waals surface area contributed by atoms with Gasteiger partial charge in [-0.15, -0.1) is 0 Å². The number of nitrogens with one attached hydrogen (secondary N) is 1. The third kappa shape index (κ3) is 6.63. The first-order chi connectivity index (χ1) is 10.0. The quantitative estimate of drug-likeness (QED) is 0.673. The van der Waals surface area contributed by atoms with E-state index < -0.39 is 0 Å². The molecule has 0 fully saturated rings. The monoisotopic (exact) mass is 287 g/mol. The first kappa shape index (κ1) is 17.5. The average molecular weight is 287 g/mol. The second-order valence-corrected chi connectivity index (χ2v) is 6.04. The van der Waals surface area contributed by atoms with Crippen LogP contribution in [0.2, 0.25) is 0 Å². The standard InChI is InChI=1S/C19H29NO/c1-6-11-21-19-10-8-7-9-17(19)12-18(16(4)5)14-20-13-15(2)3/h6-10,12,15-16,20H,1,11,13-14H2,2-5H3. The van der Waals surface area contributed by atoms with E-state index in [2.05, 4.69) is 51.7 Å². The van der Waals surface area contributed by atoms with Crippen molar-refractivity contribution in [2.45, 2.75) is 27.7 Å². The van der Waals surface area contributed by atoms with Gasteiger partial charge in [0.15, 0.2) is 0 Å². The van der Waals surface area contributed by atoms with Crippen LogP contribution in [0.15, 0.2) is 42.5 Å². The molecule has 2 heteroatoms. The summed E-state index contributed by atoms with van der Waals surface area (Å²) in [6.07, 6.45) is 4.02. The van der Waals surface area contributed by atoms with Gasteiger partial charge < -0.3 is 10.1 Å². The van der Waals surface area contributed by atoms with Crippen molar-refractivity contribution < 1.29 is 4.74 Å². The van der Waals surface area contributed by atoms with E-state index in [0.717, 1.165) is 24.4 Å². The Morgan fingerprint density at radius 1 is 1.24 bits per heavy atom. The topological polar surface area (TPSA) is 21.3 Å². The molecule has 0 atom stereocenters. The molecule has 0 saturated carbocycles. The zero-order chi connectivity index (χ0) is 15.7. The predicted molar refractivity (Wildman–Crippen MR) is 92.7 cm³/mol. The zero-order valence-electron chi connectivity index (χ0n) is 13.9. The Labute approximate surface area is 129 Å². The van der Waals surface area contributed by atoms with Crippen LogP contribution in [0.3, 0.4) is 0 Å². The summed E-state index contributed by atoms with van der Waals surface area (Å²) >= 11 is 0. The van der Waals surface area contributed by atoms with E-state index in [1.807, 2.05) is 18.2 Å². The molecule has 116 valence electrons. The highest BCUT2D eigenvalue weighted by molar-refractivity contribution is 5.60. The van der Waals surface area contributed by atoms with Crippen LogP contribution in [-0.4, -0.2) is 19.7 Å². The molecule has 0 radical (unpaired) electrons. The Morgan fingerprint density at radius 2 is 1.95 bits per heavy atom. The number of rotatable bonds is 9. The van der Waals surface area contributed by atoms with Crippen LogP contribution in [0.1, 0.15) is 33.3 Å². The number of para-hydroxylation sites is 1. The molecular formula is C19H29NO. The molecule has 0 aromatic heterocycles. The van der Waals surface area contributed by atoms with E-state index in [1.54, 1.807) is 6.08 Å². The summed E-state index contributed by atoms with van der Waals surface area (Å²) in [7, 11) is 0. The Kier molecular flexibility index (Phi) is 7.84. The Morgan fingerprint density at radius 3 is 2.57 bits per heavy atom. The highest BCUT2D eigenvalue weighted by atomic mass is 16.5. The molecule has 1 rings (SSSR count). The zero-order valence-corrected chi connectivity index (χ0v) is 13.9. The molecule has 1 aromatic carbocycles. The summed E-state index contributed by atoms with van der Waals surface area (Å²) in [5, 5.41) is 3.52. The second-order valence-electron chi connectivity index (χ2n) is 6.04. The summed E-state index contributed by atoms with van der Waals surface area (Å²) in [5.74, 6) is 2.10. The normalized spacial score (nSPS) is 12.0. The van der Waals surface area contributed by atoms with Crippen molar-refractivity contribution in [3.8, 4) is 5.75 Å². The summed E-state index contributed by atoms with van der Waals surface area (Å²) in [4.78, 5) is 0. The lowest BCUT2D eigenvalue weighted by molar-refractivity contribution is 0.362. The molecule has 1 aromatic rings. The van der Waals surface area contributed by atoms with Crippen LogP contribution >= 0.6 is 0 Å². The molecule has 0 spiro atoms. The van der Waals surface area contributed by atoms with E-state index in [0.29, 0.717) is 18.4 Å². The van der Waals surface area contributed by atoms with E-state index in [-0.39, 0.29) is 0 Å². The molecule has 21 heavy (non-hydrogen) atoms. The van der Waals surface area contributed by atoms with Gasteiger partial charge in [-0.3, -0.25) is 0 Å². The predicted octanol–water partition coefficient (Wildman–Crippen LogP) is 4.54. The molecule has 0 amide bonds. The fraction of sp³-hybridized carbons (Fsp3) is 0.474. The third-order valence-corrected chi connectivity index (χ3v) is 3.24. The molecule has 0 bridgehead atoms. The third-order valence-electron chi connectivity index (χ3n) is 3.24. The maximum absolute atomic E-state index is 5.73. The van der Waals surface area contributed by atoms with Crippen LogP contribution in [0, 0.1) is 11.8 Å². The van der Waals surface area contributed by atoms with Gasteiger partial charge >= 0.3 is 0 Å².